The lowest BCUT2D eigenvalue weighted by Gasteiger charge is -2.26. The Balaban J connectivity index is 1.83. The summed E-state index contributed by atoms with van der Waals surface area (Å²) in [5.74, 6) is -2.89. The Bertz CT molecular complexity index is 1370. The lowest BCUT2D eigenvalue weighted by Crippen LogP contribution is -2.29. The van der Waals surface area contributed by atoms with Crippen molar-refractivity contribution in [1.29, 1.82) is 0 Å². The Kier molecular flexibility index (Phi) is 6.74. The van der Waals surface area contributed by atoms with Gasteiger partial charge in [-0.2, -0.15) is 0 Å². The first-order valence-corrected chi connectivity index (χ1v) is 11.8. The number of hydrogen-bond acceptors (Lipinski definition) is 4. The molecule has 6 nitrogen and oxygen atoms in total. The topological polar surface area (TPSA) is 94.9 Å². The molecule has 1 aliphatic rings. The second-order valence-electron chi connectivity index (χ2n) is 9.81. The van der Waals surface area contributed by atoms with Crippen LogP contribution in [0.1, 0.15) is 59.4 Å². The highest BCUT2D eigenvalue weighted by atomic mass is 35.5. The molecule has 1 fully saturated rings. The summed E-state index contributed by atoms with van der Waals surface area (Å²) in [6.07, 6.45) is 0. The summed E-state index contributed by atoms with van der Waals surface area (Å²) < 4.78 is 0. The molecular weight excluding hydrogens is 478 g/mol. The van der Waals surface area contributed by atoms with Crippen LogP contribution in [0.4, 0.5) is 0 Å². The molecule has 0 spiro atoms. The number of ketones is 1. The Hall–Kier alpha value is -3.90. The number of nitrogens with zero attached hydrogens (tertiary/aromatic N) is 1. The van der Waals surface area contributed by atoms with Crippen LogP contribution in [0.25, 0.3) is 5.76 Å². The Morgan fingerprint density at radius 3 is 2.11 bits per heavy atom. The van der Waals surface area contributed by atoms with Crippen molar-refractivity contribution in [2.75, 3.05) is 0 Å². The fourth-order valence-corrected chi connectivity index (χ4v) is 4.49. The summed E-state index contributed by atoms with van der Waals surface area (Å²) in [6.45, 7) is 6.33. The van der Waals surface area contributed by atoms with E-state index in [9.17, 15) is 24.6 Å². The summed E-state index contributed by atoms with van der Waals surface area (Å²) in [4.78, 5) is 39.1. The van der Waals surface area contributed by atoms with E-state index in [0.717, 1.165) is 5.56 Å². The Morgan fingerprint density at radius 2 is 1.56 bits per heavy atom. The number of halogens is 1. The summed E-state index contributed by atoms with van der Waals surface area (Å²) in [5.41, 5.74) is 2.76. The van der Waals surface area contributed by atoms with Gasteiger partial charge in [0.25, 0.3) is 11.7 Å². The quantitative estimate of drug-likeness (QED) is 0.254. The molecule has 3 aromatic carbocycles. The standard InChI is InChI=1S/C29H26ClNO5/c1-29(2,3)21-13-11-18(12-14-21)24-23(25(32)20-5-4-6-22(30)15-20)26(33)27(34)31(24)16-17-7-9-19(10-8-17)28(35)36/h4-15,24,32H,16H2,1-3H3,(H,35,36)/b25-23+. The van der Waals surface area contributed by atoms with Crippen LogP contribution in [0.15, 0.2) is 78.4 Å². The van der Waals surface area contributed by atoms with E-state index in [2.05, 4.69) is 20.8 Å². The van der Waals surface area contributed by atoms with Crippen LogP contribution >= 0.6 is 11.6 Å². The molecule has 0 radical (unpaired) electrons. The van der Waals surface area contributed by atoms with Crippen molar-refractivity contribution >= 4 is 35.0 Å². The zero-order valence-corrected chi connectivity index (χ0v) is 20.9. The fraction of sp³-hybridized carbons (Fsp3) is 0.207. The third kappa shape index (κ3) is 4.90. The second kappa shape index (κ2) is 9.63. The van der Waals surface area contributed by atoms with Crippen LogP contribution in [0.2, 0.25) is 5.02 Å². The monoisotopic (exact) mass is 503 g/mol. The average molecular weight is 504 g/mol. The number of carboxylic acids is 1. The van der Waals surface area contributed by atoms with Gasteiger partial charge in [-0.15, -0.1) is 0 Å². The number of amides is 1. The van der Waals surface area contributed by atoms with Crippen LogP contribution in [-0.2, 0) is 21.5 Å². The molecule has 1 amide bonds. The zero-order chi connectivity index (χ0) is 26.2. The van der Waals surface area contributed by atoms with E-state index in [-0.39, 0.29) is 28.9 Å². The third-order valence-electron chi connectivity index (χ3n) is 6.28. The summed E-state index contributed by atoms with van der Waals surface area (Å²) >= 11 is 6.11. The van der Waals surface area contributed by atoms with Gasteiger partial charge in [0, 0.05) is 17.1 Å². The normalized spacial score (nSPS) is 17.4. The highest BCUT2D eigenvalue weighted by Gasteiger charge is 2.46. The molecule has 36 heavy (non-hydrogen) atoms. The maximum Gasteiger partial charge on any atom is 0.335 e. The SMILES string of the molecule is CC(C)(C)c1ccc(C2/C(=C(\O)c3cccc(Cl)c3)C(=O)C(=O)N2Cc2ccc(C(=O)O)cc2)cc1. The number of hydrogen-bond donors (Lipinski definition) is 2. The van der Waals surface area contributed by atoms with Gasteiger partial charge in [-0.1, -0.05) is 80.9 Å². The summed E-state index contributed by atoms with van der Waals surface area (Å²) in [7, 11) is 0. The van der Waals surface area contributed by atoms with Gasteiger partial charge in [-0.3, -0.25) is 9.59 Å². The van der Waals surface area contributed by atoms with Gasteiger partial charge in [0.05, 0.1) is 17.2 Å². The molecule has 0 aliphatic carbocycles. The first-order valence-electron chi connectivity index (χ1n) is 11.4. The van der Waals surface area contributed by atoms with Crippen molar-refractivity contribution in [2.45, 2.75) is 38.8 Å². The van der Waals surface area contributed by atoms with Crippen LogP contribution in [-0.4, -0.2) is 32.8 Å². The first-order chi connectivity index (χ1) is 17.0. The smallest absolute Gasteiger partial charge is 0.335 e. The molecule has 4 rings (SSSR count). The zero-order valence-electron chi connectivity index (χ0n) is 20.2. The minimum absolute atomic E-state index is 0.0204. The Labute approximate surface area is 214 Å². The maximum atomic E-state index is 13.2. The summed E-state index contributed by atoms with van der Waals surface area (Å²) in [6, 6.07) is 19.4. The van der Waals surface area contributed by atoms with E-state index >= 15 is 0 Å². The maximum absolute atomic E-state index is 13.2. The number of likely N-dealkylation sites (tertiary alicyclic amines) is 1. The van der Waals surface area contributed by atoms with Gasteiger partial charge in [0.15, 0.2) is 0 Å². The average Bonchev–Trinajstić information content (AvgIpc) is 3.08. The molecule has 0 aromatic heterocycles. The molecule has 0 bridgehead atoms. The molecule has 1 heterocycles. The number of carbonyl (C=O) groups excluding carboxylic acids is 2. The molecule has 3 aromatic rings. The van der Waals surface area contributed by atoms with E-state index in [0.29, 0.717) is 21.7 Å². The van der Waals surface area contributed by atoms with E-state index in [1.54, 1.807) is 30.3 Å². The van der Waals surface area contributed by atoms with E-state index in [1.165, 1.54) is 23.1 Å². The van der Waals surface area contributed by atoms with Crippen LogP contribution < -0.4 is 0 Å². The molecular formula is C29H26ClNO5. The molecule has 1 saturated heterocycles. The number of carboxylic acid groups (broad SMARTS) is 1. The molecule has 1 unspecified atom stereocenters. The predicted molar refractivity (Wildman–Crippen MR) is 138 cm³/mol. The van der Waals surface area contributed by atoms with E-state index in [1.807, 2.05) is 24.3 Å². The van der Waals surface area contributed by atoms with Crippen LogP contribution in [0, 0.1) is 0 Å². The molecule has 1 atom stereocenters. The van der Waals surface area contributed by atoms with Gasteiger partial charge in [0.1, 0.15) is 5.76 Å². The number of aromatic carboxylic acids is 1. The minimum Gasteiger partial charge on any atom is -0.507 e. The minimum atomic E-state index is -1.05. The van der Waals surface area contributed by atoms with Crippen molar-refractivity contribution in [3.05, 3.63) is 111 Å². The van der Waals surface area contributed by atoms with Crippen molar-refractivity contribution in [1.82, 2.24) is 4.90 Å². The molecule has 1 aliphatic heterocycles. The fourth-order valence-electron chi connectivity index (χ4n) is 4.30. The lowest BCUT2D eigenvalue weighted by molar-refractivity contribution is -0.140. The highest BCUT2D eigenvalue weighted by Crippen LogP contribution is 2.41. The van der Waals surface area contributed by atoms with Gasteiger partial charge in [-0.25, -0.2) is 4.79 Å². The van der Waals surface area contributed by atoms with Gasteiger partial charge < -0.3 is 15.1 Å². The Morgan fingerprint density at radius 1 is 0.917 bits per heavy atom. The first kappa shape index (κ1) is 25.2. The number of benzene rings is 3. The van der Waals surface area contributed by atoms with Crippen molar-refractivity contribution < 1.29 is 24.6 Å². The van der Waals surface area contributed by atoms with E-state index < -0.39 is 23.7 Å². The summed E-state index contributed by atoms with van der Waals surface area (Å²) in [5, 5.41) is 20.8. The number of aliphatic hydroxyl groups excluding tert-OH is 1. The number of aliphatic hydroxyl groups is 1. The second-order valence-corrected chi connectivity index (χ2v) is 10.2. The van der Waals surface area contributed by atoms with Crippen LogP contribution in [0.5, 0.6) is 0 Å². The van der Waals surface area contributed by atoms with Crippen LogP contribution in [0.3, 0.4) is 0 Å². The predicted octanol–water partition coefficient (Wildman–Crippen LogP) is 5.96. The van der Waals surface area contributed by atoms with Crippen molar-refractivity contribution in [3.63, 3.8) is 0 Å². The molecule has 184 valence electrons. The largest absolute Gasteiger partial charge is 0.507 e. The van der Waals surface area contributed by atoms with Gasteiger partial charge in [0.2, 0.25) is 0 Å². The number of rotatable bonds is 5. The van der Waals surface area contributed by atoms with Gasteiger partial charge in [-0.05, 0) is 46.4 Å². The molecule has 7 heteroatoms. The molecule has 2 N–H and O–H groups in total. The molecule has 0 saturated carbocycles. The van der Waals surface area contributed by atoms with Gasteiger partial charge >= 0.3 is 5.97 Å². The number of carbonyl (C=O) groups is 3. The van der Waals surface area contributed by atoms with E-state index in [4.69, 9.17) is 11.6 Å². The third-order valence-corrected chi connectivity index (χ3v) is 6.52. The van der Waals surface area contributed by atoms with Crippen molar-refractivity contribution in [3.8, 4) is 0 Å². The van der Waals surface area contributed by atoms with Crippen molar-refractivity contribution in [2.24, 2.45) is 0 Å². The lowest BCUT2D eigenvalue weighted by atomic mass is 9.85. The highest BCUT2D eigenvalue weighted by molar-refractivity contribution is 6.46. The number of Topliss-reactive ketones (excluding diaryl/α,β-unsaturated/α-hetero) is 1.